The largest absolute Gasteiger partial charge is 0.481 e. The van der Waals surface area contributed by atoms with E-state index in [1.807, 2.05) is 5.32 Å². The molecule has 12 nitrogen and oxygen atoms in total. The molecule has 0 aromatic carbocycles. The standard InChI is InChI=1S/C13H23N3O9/c17-7-8(11(22)14-5-3-1-2-4-9(18)19)15-12(23)13(24,16-25)6-10(20)21/h8,16-17,24-25H,1-7H2,(H,14,22)(H,15,23)(H,18,19)(H,20,21)/t8-,13+/m0/s1. The molecule has 0 saturated heterocycles. The highest BCUT2D eigenvalue weighted by Gasteiger charge is 2.40. The summed E-state index contributed by atoms with van der Waals surface area (Å²) in [6.45, 7) is -0.659. The molecule has 0 unspecified atom stereocenters. The van der Waals surface area contributed by atoms with Crippen LogP contribution in [0.1, 0.15) is 32.1 Å². The predicted octanol–water partition coefficient (Wildman–Crippen LogP) is -2.63. The van der Waals surface area contributed by atoms with Gasteiger partial charge in [-0.1, -0.05) is 6.42 Å². The van der Waals surface area contributed by atoms with Gasteiger partial charge in [0.05, 0.1) is 13.0 Å². The minimum absolute atomic E-state index is 0.0135. The molecule has 2 amide bonds. The van der Waals surface area contributed by atoms with Crippen molar-refractivity contribution in [3.63, 3.8) is 0 Å². The number of aliphatic carboxylic acids is 2. The Bertz CT molecular complexity index is 485. The van der Waals surface area contributed by atoms with Crippen LogP contribution in [-0.2, 0) is 19.2 Å². The fourth-order valence-corrected chi connectivity index (χ4v) is 1.77. The summed E-state index contributed by atoms with van der Waals surface area (Å²) in [5, 5.41) is 49.0. The first kappa shape index (κ1) is 22.7. The molecule has 0 aromatic heterocycles. The summed E-state index contributed by atoms with van der Waals surface area (Å²) in [7, 11) is 0. The summed E-state index contributed by atoms with van der Waals surface area (Å²) in [6.07, 6.45) is 0.301. The zero-order chi connectivity index (χ0) is 19.5. The van der Waals surface area contributed by atoms with Crippen molar-refractivity contribution in [2.45, 2.75) is 43.9 Å². The van der Waals surface area contributed by atoms with E-state index in [-0.39, 0.29) is 13.0 Å². The average molecular weight is 365 g/mol. The smallest absolute Gasteiger partial charge is 0.308 e. The number of carboxylic acid groups (broad SMARTS) is 2. The summed E-state index contributed by atoms with van der Waals surface area (Å²) in [5.41, 5.74) is -1.71. The molecule has 0 aliphatic heterocycles. The van der Waals surface area contributed by atoms with E-state index in [0.29, 0.717) is 19.3 Å². The predicted molar refractivity (Wildman–Crippen MR) is 80.3 cm³/mol. The first-order valence-corrected chi connectivity index (χ1v) is 7.43. The van der Waals surface area contributed by atoms with Crippen LogP contribution in [0.2, 0.25) is 0 Å². The van der Waals surface area contributed by atoms with Crippen molar-refractivity contribution < 1.29 is 44.8 Å². The maximum atomic E-state index is 11.8. The van der Waals surface area contributed by atoms with Crippen molar-refractivity contribution in [1.29, 1.82) is 0 Å². The summed E-state index contributed by atoms with van der Waals surface area (Å²) in [5.74, 6) is -4.71. The fraction of sp³-hybridized carbons (Fsp3) is 0.692. The fourth-order valence-electron chi connectivity index (χ4n) is 1.77. The highest BCUT2D eigenvalue weighted by Crippen LogP contribution is 2.06. The number of amides is 2. The number of hydrogen-bond acceptors (Lipinski definition) is 8. The lowest BCUT2D eigenvalue weighted by Crippen LogP contribution is -2.61. The number of carbonyl (C=O) groups is 4. The minimum atomic E-state index is -2.86. The highest BCUT2D eigenvalue weighted by molar-refractivity contribution is 5.93. The van der Waals surface area contributed by atoms with E-state index in [9.17, 15) is 24.3 Å². The lowest BCUT2D eigenvalue weighted by Gasteiger charge is -2.25. The van der Waals surface area contributed by atoms with Gasteiger partial charge in [0.25, 0.3) is 5.91 Å². The number of unbranched alkanes of at least 4 members (excludes halogenated alkanes) is 2. The van der Waals surface area contributed by atoms with Crippen LogP contribution in [0.25, 0.3) is 0 Å². The van der Waals surface area contributed by atoms with Crippen LogP contribution < -0.4 is 16.1 Å². The monoisotopic (exact) mass is 365 g/mol. The second-order valence-electron chi connectivity index (χ2n) is 5.25. The number of nitrogens with one attached hydrogen (secondary N) is 3. The molecule has 0 spiro atoms. The summed E-state index contributed by atoms with van der Waals surface area (Å²) in [4.78, 5) is 44.5. The quantitative estimate of drug-likeness (QED) is 0.0967. The van der Waals surface area contributed by atoms with Gasteiger partial charge in [-0.3, -0.25) is 19.2 Å². The number of aliphatic hydroxyl groups is 2. The van der Waals surface area contributed by atoms with E-state index in [1.165, 1.54) is 0 Å². The van der Waals surface area contributed by atoms with Crippen LogP contribution in [0.5, 0.6) is 0 Å². The highest BCUT2D eigenvalue weighted by atomic mass is 16.5. The van der Waals surface area contributed by atoms with Crippen molar-refractivity contribution in [3.8, 4) is 0 Å². The normalized spacial score (nSPS) is 14.2. The summed E-state index contributed by atoms with van der Waals surface area (Å²) < 4.78 is 0. The lowest BCUT2D eigenvalue weighted by molar-refractivity contribution is -0.169. The Morgan fingerprint density at radius 3 is 2.12 bits per heavy atom. The number of hydrogen-bond donors (Lipinski definition) is 8. The van der Waals surface area contributed by atoms with Gasteiger partial charge in [-0.15, -0.1) is 0 Å². The van der Waals surface area contributed by atoms with Crippen molar-refractivity contribution in [2.24, 2.45) is 0 Å². The van der Waals surface area contributed by atoms with Crippen molar-refractivity contribution in [1.82, 2.24) is 16.1 Å². The molecule has 8 N–H and O–H groups in total. The third kappa shape index (κ3) is 8.95. The molecule has 12 heteroatoms. The van der Waals surface area contributed by atoms with Gasteiger partial charge in [-0.25, -0.2) is 0 Å². The second kappa shape index (κ2) is 11.3. The number of hydroxylamine groups is 1. The maximum Gasteiger partial charge on any atom is 0.308 e. The molecule has 0 saturated carbocycles. The maximum absolute atomic E-state index is 11.8. The molecular formula is C13H23N3O9. The Balaban J connectivity index is 4.42. The topological polar surface area (TPSA) is 206 Å². The molecule has 0 aromatic rings. The van der Waals surface area contributed by atoms with E-state index >= 15 is 0 Å². The first-order valence-electron chi connectivity index (χ1n) is 7.43. The van der Waals surface area contributed by atoms with Crippen molar-refractivity contribution in [3.05, 3.63) is 0 Å². The molecule has 144 valence electrons. The molecule has 0 fully saturated rings. The van der Waals surface area contributed by atoms with Gasteiger partial charge < -0.3 is 36.3 Å². The van der Waals surface area contributed by atoms with Crippen LogP contribution in [0.3, 0.4) is 0 Å². The molecule has 0 rings (SSSR count). The molecule has 25 heavy (non-hydrogen) atoms. The molecular weight excluding hydrogens is 342 g/mol. The average Bonchev–Trinajstić information content (AvgIpc) is 2.54. The number of rotatable bonds is 13. The Morgan fingerprint density at radius 1 is 1.00 bits per heavy atom. The molecule has 0 radical (unpaired) electrons. The Morgan fingerprint density at radius 2 is 1.64 bits per heavy atom. The SMILES string of the molecule is O=C(O)CCCCCNC(=O)[C@H](CO)NC(=O)[C@](O)(CC(=O)O)NO. The minimum Gasteiger partial charge on any atom is -0.481 e. The summed E-state index contributed by atoms with van der Waals surface area (Å²) in [6, 6.07) is -1.47. The Labute approximate surface area is 142 Å². The molecule has 2 atom stereocenters. The van der Waals surface area contributed by atoms with E-state index in [0.717, 1.165) is 5.48 Å². The second-order valence-corrected chi connectivity index (χ2v) is 5.25. The summed E-state index contributed by atoms with van der Waals surface area (Å²) >= 11 is 0. The van der Waals surface area contributed by atoms with Crippen LogP contribution in [-0.4, -0.2) is 74.3 Å². The van der Waals surface area contributed by atoms with Gasteiger partial charge in [0.2, 0.25) is 11.6 Å². The number of carbonyl (C=O) groups excluding carboxylic acids is 2. The van der Waals surface area contributed by atoms with Crippen molar-refractivity contribution in [2.75, 3.05) is 13.2 Å². The third-order valence-electron chi connectivity index (χ3n) is 3.14. The zero-order valence-electron chi connectivity index (χ0n) is 13.4. The number of aliphatic hydroxyl groups excluding tert-OH is 1. The molecule has 0 aliphatic rings. The zero-order valence-corrected chi connectivity index (χ0v) is 13.4. The van der Waals surface area contributed by atoms with Gasteiger partial charge in [0, 0.05) is 13.0 Å². The van der Waals surface area contributed by atoms with E-state index < -0.39 is 48.5 Å². The molecule has 0 aliphatic carbocycles. The van der Waals surface area contributed by atoms with Crippen LogP contribution in [0.4, 0.5) is 0 Å². The molecule has 0 bridgehead atoms. The third-order valence-corrected chi connectivity index (χ3v) is 3.14. The lowest BCUT2D eigenvalue weighted by atomic mass is 10.1. The van der Waals surface area contributed by atoms with Gasteiger partial charge >= 0.3 is 11.9 Å². The first-order chi connectivity index (χ1) is 11.7. The Kier molecular flexibility index (Phi) is 10.3. The van der Waals surface area contributed by atoms with Gasteiger partial charge in [-0.2, -0.15) is 5.48 Å². The van der Waals surface area contributed by atoms with E-state index in [2.05, 4.69) is 5.32 Å². The van der Waals surface area contributed by atoms with E-state index in [1.54, 1.807) is 0 Å². The van der Waals surface area contributed by atoms with Gasteiger partial charge in [0.1, 0.15) is 6.04 Å². The van der Waals surface area contributed by atoms with Gasteiger partial charge in [0.15, 0.2) is 0 Å². The number of carboxylic acids is 2. The molecule has 0 heterocycles. The van der Waals surface area contributed by atoms with Crippen LogP contribution >= 0.6 is 0 Å². The van der Waals surface area contributed by atoms with Crippen LogP contribution in [0.15, 0.2) is 0 Å². The van der Waals surface area contributed by atoms with Crippen molar-refractivity contribution >= 4 is 23.8 Å². The van der Waals surface area contributed by atoms with E-state index in [4.69, 9.17) is 20.5 Å². The Hall–Kier alpha value is -2.28. The van der Waals surface area contributed by atoms with Gasteiger partial charge in [-0.05, 0) is 12.8 Å². The van der Waals surface area contributed by atoms with Crippen LogP contribution in [0, 0.1) is 0 Å².